The Morgan fingerprint density at radius 2 is 1.88 bits per heavy atom. The second-order valence-corrected chi connectivity index (χ2v) is 8.97. The van der Waals surface area contributed by atoms with Crippen LogP contribution in [0, 0.1) is 23.7 Å². The Morgan fingerprint density at radius 1 is 1.18 bits per heavy atom. The molecule has 3 aliphatic rings. The first-order valence-electron chi connectivity index (χ1n) is 10.8. The van der Waals surface area contributed by atoms with Crippen LogP contribution < -0.4 is 9.47 Å². The number of aromatic carboxylic acids is 1. The predicted octanol–water partition coefficient (Wildman–Crippen LogP) is 3.77. The maximum Gasteiger partial charge on any atom is 0.335 e. The highest BCUT2D eigenvalue weighted by Crippen LogP contribution is 2.52. The number of ether oxygens (including phenoxy) is 2. The SMILES string of the molecule is COc1cc(C=NN2C(=O)C3C4C=CC(C4)C3C2=O)cc(Cl)c1OCc1cccc(C(=O)O)c1. The summed E-state index contributed by atoms with van der Waals surface area (Å²) in [7, 11) is 1.46. The zero-order chi connectivity index (χ0) is 24.0. The average Bonchev–Trinajstić information content (AvgIpc) is 3.51. The fourth-order valence-corrected chi connectivity index (χ4v) is 5.30. The Balaban J connectivity index is 1.32. The van der Waals surface area contributed by atoms with Crippen LogP contribution in [-0.4, -0.2) is 41.2 Å². The Kier molecular flexibility index (Phi) is 5.61. The number of carboxylic acid groups (broad SMARTS) is 1. The molecular formula is C25H21ClN2O6. The van der Waals surface area contributed by atoms with Crippen molar-refractivity contribution in [2.45, 2.75) is 13.0 Å². The summed E-state index contributed by atoms with van der Waals surface area (Å²) in [6.45, 7) is 0.0839. The van der Waals surface area contributed by atoms with Gasteiger partial charge in [0.1, 0.15) is 6.61 Å². The molecule has 1 saturated carbocycles. The van der Waals surface area contributed by atoms with Gasteiger partial charge in [-0.1, -0.05) is 35.9 Å². The summed E-state index contributed by atoms with van der Waals surface area (Å²) in [5.74, 6) is -1.31. The van der Waals surface area contributed by atoms with Crippen LogP contribution in [0.5, 0.6) is 11.5 Å². The highest BCUT2D eigenvalue weighted by atomic mass is 35.5. The second-order valence-electron chi connectivity index (χ2n) is 8.56. The van der Waals surface area contributed by atoms with Crippen molar-refractivity contribution in [1.29, 1.82) is 0 Å². The van der Waals surface area contributed by atoms with Gasteiger partial charge < -0.3 is 14.6 Å². The van der Waals surface area contributed by atoms with E-state index in [-0.39, 0.29) is 58.4 Å². The zero-order valence-corrected chi connectivity index (χ0v) is 18.9. The van der Waals surface area contributed by atoms with Gasteiger partial charge in [-0.2, -0.15) is 10.1 Å². The van der Waals surface area contributed by atoms with Crippen LogP contribution >= 0.6 is 11.6 Å². The minimum absolute atomic E-state index is 0.0839. The number of allylic oxidation sites excluding steroid dienone is 2. The third-order valence-electron chi connectivity index (χ3n) is 6.58. The summed E-state index contributed by atoms with van der Waals surface area (Å²) in [6.07, 6.45) is 6.33. The molecule has 5 rings (SSSR count). The van der Waals surface area contributed by atoms with Gasteiger partial charge in [-0.3, -0.25) is 9.59 Å². The fraction of sp³-hybridized carbons (Fsp3) is 0.280. The van der Waals surface area contributed by atoms with Crippen molar-refractivity contribution in [3.05, 3.63) is 70.3 Å². The van der Waals surface area contributed by atoms with E-state index in [1.165, 1.54) is 25.5 Å². The fourth-order valence-electron chi connectivity index (χ4n) is 5.03. The summed E-state index contributed by atoms with van der Waals surface area (Å²) in [6, 6.07) is 9.62. The molecule has 0 radical (unpaired) electrons. The Bertz CT molecular complexity index is 1230. The van der Waals surface area contributed by atoms with E-state index in [2.05, 4.69) is 5.10 Å². The Hall–Kier alpha value is -3.65. The van der Waals surface area contributed by atoms with E-state index in [9.17, 15) is 14.4 Å². The van der Waals surface area contributed by atoms with E-state index in [0.717, 1.165) is 11.4 Å². The van der Waals surface area contributed by atoms with Crippen molar-refractivity contribution in [3.63, 3.8) is 0 Å². The van der Waals surface area contributed by atoms with E-state index in [1.54, 1.807) is 24.3 Å². The molecule has 1 heterocycles. The van der Waals surface area contributed by atoms with Crippen molar-refractivity contribution >= 4 is 35.6 Å². The van der Waals surface area contributed by atoms with Crippen molar-refractivity contribution in [2.75, 3.05) is 7.11 Å². The first-order chi connectivity index (χ1) is 16.4. The Labute approximate surface area is 200 Å². The molecule has 2 aromatic rings. The third kappa shape index (κ3) is 3.74. The van der Waals surface area contributed by atoms with Gasteiger partial charge >= 0.3 is 5.97 Å². The smallest absolute Gasteiger partial charge is 0.335 e. The largest absolute Gasteiger partial charge is 0.493 e. The predicted molar refractivity (Wildman–Crippen MR) is 123 cm³/mol. The van der Waals surface area contributed by atoms with Crippen LogP contribution in [0.15, 0.2) is 53.7 Å². The number of fused-ring (bicyclic) bond motifs is 5. The number of rotatable bonds is 7. The average molecular weight is 481 g/mol. The molecule has 0 aromatic heterocycles. The molecule has 174 valence electrons. The number of amides is 2. The van der Waals surface area contributed by atoms with Crippen molar-refractivity contribution in [1.82, 2.24) is 5.01 Å². The molecule has 0 spiro atoms. The molecule has 1 N–H and O–H groups in total. The van der Waals surface area contributed by atoms with Crippen molar-refractivity contribution in [3.8, 4) is 11.5 Å². The molecule has 34 heavy (non-hydrogen) atoms. The van der Waals surface area contributed by atoms with Gasteiger partial charge in [0.05, 0.1) is 35.7 Å². The second kappa shape index (κ2) is 8.61. The van der Waals surface area contributed by atoms with Crippen LogP contribution in [0.3, 0.4) is 0 Å². The van der Waals surface area contributed by atoms with Gasteiger partial charge in [0.15, 0.2) is 11.5 Å². The molecule has 1 aliphatic heterocycles. The quantitative estimate of drug-likeness (QED) is 0.367. The number of methoxy groups -OCH3 is 1. The number of halogens is 1. The topological polar surface area (TPSA) is 106 Å². The summed E-state index contributed by atoms with van der Waals surface area (Å²) in [5.41, 5.74) is 1.34. The third-order valence-corrected chi connectivity index (χ3v) is 6.86. The number of carboxylic acids is 1. The van der Waals surface area contributed by atoms with E-state index < -0.39 is 5.97 Å². The number of carbonyl (C=O) groups is 3. The molecule has 1 saturated heterocycles. The number of imide groups is 1. The highest BCUT2D eigenvalue weighted by molar-refractivity contribution is 6.32. The molecule has 2 bridgehead atoms. The molecule has 4 unspecified atom stereocenters. The molecule has 2 amide bonds. The monoisotopic (exact) mass is 480 g/mol. The Morgan fingerprint density at radius 3 is 2.53 bits per heavy atom. The molecule has 8 nitrogen and oxygen atoms in total. The molecule has 2 aromatic carbocycles. The summed E-state index contributed by atoms with van der Waals surface area (Å²) in [4.78, 5) is 36.7. The molecule has 2 fully saturated rings. The van der Waals surface area contributed by atoms with Gasteiger partial charge in [0.2, 0.25) is 0 Å². The first-order valence-corrected chi connectivity index (χ1v) is 11.2. The standard InChI is InChI=1S/C25H21ClN2O6/c1-33-19-9-14(8-18(26)22(19)34-12-13-3-2-4-17(7-13)25(31)32)11-27-28-23(29)20-15-5-6-16(10-15)21(20)24(28)30/h2-9,11,15-16,20-21H,10,12H2,1H3,(H,31,32). The van der Waals surface area contributed by atoms with E-state index in [4.69, 9.17) is 26.2 Å². The van der Waals surface area contributed by atoms with E-state index in [1.807, 2.05) is 12.2 Å². The van der Waals surface area contributed by atoms with Crippen molar-refractivity contribution < 1.29 is 29.0 Å². The summed E-state index contributed by atoms with van der Waals surface area (Å²) < 4.78 is 11.2. The first kappa shape index (κ1) is 22.2. The molecule has 9 heteroatoms. The lowest BCUT2D eigenvalue weighted by Gasteiger charge is -2.14. The van der Waals surface area contributed by atoms with Crippen LogP contribution in [0.4, 0.5) is 0 Å². The van der Waals surface area contributed by atoms with Gasteiger partial charge in [-0.25, -0.2) is 4.79 Å². The maximum absolute atomic E-state index is 12.8. The molecule has 4 atom stereocenters. The van der Waals surface area contributed by atoms with Crippen LogP contribution in [-0.2, 0) is 16.2 Å². The van der Waals surface area contributed by atoms with Gasteiger partial charge in [-0.05, 0) is 53.6 Å². The number of hydrazone groups is 1. The van der Waals surface area contributed by atoms with Crippen LogP contribution in [0.2, 0.25) is 5.02 Å². The number of benzene rings is 2. The molecule has 2 aliphatic carbocycles. The summed E-state index contributed by atoms with van der Waals surface area (Å²) >= 11 is 6.42. The lowest BCUT2D eigenvalue weighted by atomic mass is 9.85. The lowest BCUT2D eigenvalue weighted by molar-refractivity contribution is -0.140. The van der Waals surface area contributed by atoms with Gasteiger partial charge in [-0.15, -0.1) is 0 Å². The minimum atomic E-state index is -1.02. The maximum atomic E-state index is 12.8. The number of carbonyl (C=O) groups excluding carboxylic acids is 2. The van der Waals surface area contributed by atoms with Gasteiger partial charge in [0.25, 0.3) is 11.8 Å². The van der Waals surface area contributed by atoms with Crippen LogP contribution in [0.1, 0.15) is 27.9 Å². The number of hydrogen-bond acceptors (Lipinski definition) is 6. The minimum Gasteiger partial charge on any atom is -0.493 e. The van der Waals surface area contributed by atoms with Crippen LogP contribution in [0.25, 0.3) is 0 Å². The summed E-state index contributed by atoms with van der Waals surface area (Å²) in [5, 5.41) is 14.5. The lowest BCUT2D eigenvalue weighted by Crippen LogP contribution is -2.28. The number of nitrogens with zero attached hydrogens (tertiary/aromatic N) is 2. The van der Waals surface area contributed by atoms with Crippen molar-refractivity contribution in [2.24, 2.45) is 28.8 Å². The van der Waals surface area contributed by atoms with E-state index in [0.29, 0.717) is 16.9 Å². The van der Waals surface area contributed by atoms with E-state index >= 15 is 0 Å². The highest BCUT2D eigenvalue weighted by Gasteiger charge is 2.59. The zero-order valence-electron chi connectivity index (χ0n) is 18.2. The van der Waals surface area contributed by atoms with Gasteiger partial charge in [0, 0.05) is 0 Å². The normalized spacial score (nSPS) is 24.8. The molecular weight excluding hydrogens is 460 g/mol. The number of hydrogen-bond donors (Lipinski definition) is 1.